The third kappa shape index (κ3) is 4.28. The molecule has 4 aromatic rings. The molecular formula is C22H22N6O2. The number of carbonyl (C=O) groups excluding carboxylic acids is 1. The lowest BCUT2D eigenvalue weighted by Gasteiger charge is -2.18. The molecule has 8 nitrogen and oxygen atoms in total. The molecule has 0 unspecified atom stereocenters. The molecule has 0 bridgehead atoms. The number of fused-ring (bicyclic) bond motifs is 1. The normalized spacial score (nSPS) is 11.9. The van der Waals surface area contributed by atoms with E-state index in [0.29, 0.717) is 12.4 Å². The fourth-order valence-corrected chi connectivity index (χ4v) is 3.28. The van der Waals surface area contributed by atoms with Crippen molar-refractivity contribution in [2.24, 2.45) is 0 Å². The largest absolute Gasteiger partial charge is 0.382 e. The Morgan fingerprint density at radius 2 is 2.00 bits per heavy atom. The minimum absolute atomic E-state index is 0.270. The Kier molecular flexibility index (Phi) is 5.67. The van der Waals surface area contributed by atoms with Crippen molar-refractivity contribution < 1.29 is 9.53 Å². The smallest absolute Gasteiger partial charge is 0.320 e. The molecule has 0 fully saturated rings. The van der Waals surface area contributed by atoms with E-state index in [-0.39, 0.29) is 12.1 Å². The van der Waals surface area contributed by atoms with Crippen molar-refractivity contribution in [1.29, 1.82) is 0 Å². The van der Waals surface area contributed by atoms with Gasteiger partial charge in [0.05, 0.1) is 18.2 Å². The van der Waals surface area contributed by atoms with Gasteiger partial charge >= 0.3 is 6.03 Å². The molecule has 4 rings (SSSR count). The molecular weight excluding hydrogens is 380 g/mol. The third-order valence-electron chi connectivity index (χ3n) is 4.70. The predicted molar refractivity (Wildman–Crippen MR) is 115 cm³/mol. The number of carbonyl (C=O) groups is 1. The van der Waals surface area contributed by atoms with Crippen LogP contribution < -0.4 is 10.6 Å². The summed E-state index contributed by atoms with van der Waals surface area (Å²) in [6.07, 6.45) is 3.45. The Morgan fingerprint density at radius 1 is 1.17 bits per heavy atom. The topological polar surface area (TPSA) is 105 Å². The van der Waals surface area contributed by atoms with E-state index in [1.54, 1.807) is 25.6 Å². The minimum Gasteiger partial charge on any atom is -0.382 e. The number of ether oxygens (including phenoxy) is 1. The van der Waals surface area contributed by atoms with Crippen molar-refractivity contribution in [3.63, 3.8) is 0 Å². The zero-order valence-corrected chi connectivity index (χ0v) is 16.7. The highest BCUT2D eigenvalue weighted by Gasteiger charge is 2.16. The number of urea groups is 1. The molecule has 3 aromatic heterocycles. The number of rotatable bonds is 6. The molecule has 152 valence electrons. The Hall–Kier alpha value is -3.78. The van der Waals surface area contributed by atoms with E-state index in [1.807, 2.05) is 49.4 Å². The summed E-state index contributed by atoms with van der Waals surface area (Å²) < 4.78 is 5.24. The maximum atomic E-state index is 12.5. The molecule has 8 heteroatoms. The molecule has 0 radical (unpaired) electrons. The van der Waals surface area contributed by atoms with E-state index >= 15 is 0 Å². The van der Waals surface area contributed by atoms with Gasteiger partial charge in [0, 0.05) is 42.2 Å². The molecule has 2 amide bonds. The van der Waals surface area contributed by atoms with E-state index in [1.165, 1.54) is 0 Å². The lowest BCUT2D eigenvalue weighted by atomic mass is 10.1. The summed E-state index contributed by atoms with van der Waals surface area (Å²) in [5.41, 5.74) is 4.41. The minimum atomic E-state index is -0.364. The second-order valence-corrected chi connectivity index (χ2v) is 6.89. The number of amides is 2. The van der Waals surface area contributed by atoms with Crippen LogP contribution in [0.4, 0.5) is 10.6 Å². The van der Waals surface area contributed by atoms with Gasteiger partial charge in [0.1, 0.15) is 11.5 Å². The van der Waals surface area contributed by atoms with Gasteiger partial charge in [-0.1, -0.05) is 30.3 Å². The van der Waals surface area contributed by atoms with Gasteiger partial charge in [0.25, 0.3) is 0 Å². The quantitative estimate of drug-likeness (QED) is 0.454. The molecule has 1 aromatic carbocycles. The van der Waals surface area contributed by atoms with Crippen molar-refractivity contribution in [1.82, 2.24) is 25.5 Å². The highest BCUT2D eigenvalue weighted by atomic mass is 16.5. The molecule has 1 atom stereocenters. The van der Waals surface area contributed by atoms with Gasteiger partial charge in [-0.3, -0.25) is 15.4 Å². The summed E-state index contributed by atoms with van der Waals surface area (Å²) in [4.78, 5) is 21.1. The van der Waals surface area contributed by atoms with Crippen LogP contribution in [0.1, 0.15) is 17.3 Å². The summed E-state index contributed by atoms with van der Waals surface area (Å²) >= 11 is 0. The Bertz CT molecular complexity index is 1160. The van der Waals surface area contributed by atoms with E-state index in [2.05, 4.69) is 30.8 Å². The van der Waals surface area contributed by atoms with Gasteiger partial charge in [-0.15, -0.1) is 0 Å². The third-order valence-corrected chi connectivity index (χ3v) is 4.70. The Balaban J connectivity index is 1.50. The zero-order chi connectivity index (χ0) is 20.9. The van der Waals surface area contributed by atoms with Crippen LogP contribution >= 0.6 is 0 Å². The number of aromatic nitrogens is 4. The zero-order valence-electron chi connectivity index (χ0n) is 16.7. The van der Waals surface area contributed by atoms with Gasteiger partial charge < -0.3 is 10.1 Å². The highest BCUT2D eigenvalue weighted by Crippen LogP contribution is 2.27. The van der Waals surface area contributed by atoms with Crippen molar-refractivity contribution >= 4 is 22.8 Å². The van der Waals surface area contributed by atoms with Gasteiger partial charge in [0.15, 0.2) is 0 Å². The van der Waals surface area contributed by atoms with Crippen LogP contribution in [0.2, 0.25) is 0 Å². The lowest BCUT2D eigenvalue weighted by Crippen LogP contribution is -2.35. The standard InChI is InChI=1S/C22H22N6O2/c1-14-10-16(8-9-23-14)21-17-12-24-20(11-18(17)27-28-21)26-22(29)25-19(13-30-2)15-6-4-3-5-7-15/h3-12,19H,13H2,1-2H3,(H,27,28)(H2,24,25,26,29)/t19-/m1/s1. The number of pyridine rings is 2. The summed E-state index contributed by atoms with van der Waals surface area (Å²) in [6.45, 7) is 2.29. The number of aryl methyl sites for hydroxylation is 1. The van der Waals surface area contributed by atoms with E-state index in [0.717, 1.165) is 33.4 Å². The van der Waals surface area contributed by atoms with E-state index in [4.69, 9.17) is 4.74 Å². The molecule has 0 aliphatic rings. The molecule has 3 heterocycles. The second kappa shape index (κ2) is 8.71. The van der Waals surface area contributed by atoms with Crippen LogP contribution in [0.3, 0.4) is 0 Å². The molecule has 0 aliphatic heterocycles. The number of nitrogens with one attached hydrogen (secondary N) is 3. The number of H-pyrrole nitrogens is 1. The molecule has 0 saturated heterocycles. The molecule has 0 saturated carbocycles. The first kappa shape index (κ1) is 19.5. The number of benzene rings is 1. The van der Waals surface area contributed by atoms with Crippen molar-refractivity contribution in [3.8, 4) is 11.3 Å². The number of aromatic amines is 1. The fourth-order valence-electron chi connectivity index (χ4n) is 3.28. The first-order valence-electron chi connectivity index (χ1n) is 9.52. The van der Waals surface area contributed by atoms with Crippen LogP contribution in [0.15, 0.2) is 60.9 Å². The van der Waals surface area contributed by atoms with Crippen LogP contribution in [-0.4, -0.2) is 39.9 Å². The fraction of sp³-hybridized carbons (Fsp3) is 0.182. The predicted octanol–water partition coefficient (Wildman–Crippen LogP) is 3.84. The number of anilines is 1. The van der Waals surface area contributed by atoms with E-state index < -0.39 is 0 Å². The molecule has 30 heavy (non-hydrogen) atoms. The number of hydrogen-bond donors (Lipinski definition) is 3. The van der Waals surface area contributed by atoms with Crippen LogP contribution in [-0.2, 0) is 4.74 Å². The van der Waals surface area contributed by atoms with Crippen molar-refractivity contribution in [2.75, 3.05) is 19.0 Å². The van der Waals surface area contributed by atoms with Crippen molar-refractivity contribution in [3.05, 3.63) is 72.2 Å². The Morgan fingerprint density at radius 3 is 2.77 bits per heavy atom. The molecule has 3 N–H and O–H groups in total. The monoisotopic (exact) mass is 402 g/mol. The van der Waals surface area contributed by atoms with Gasteiger partial charge in [0.2, 0.25) is 0 Å². The van der Waals surface area contributed by atoms with Crippen LogP contribution in [0.5, 0.6) is 0 Å². The van der Waals surface area contributed by atoms with E-state index in [9.17, 15) is 4.79 Å². The summed E-state index contributed by atoms with van der Waals surface area (Å²) in [7, 11) is 1.60. The second-order valence-electron chi connectivity index (χ2n) is 6.89. The Labute approximate surface area is 173 Å². The first-order chi connectivity index (χ1) is 14.6. The SMILES string of the molecule is COC[C@@H](NC(=O)Nc1cc2[nH]nc(-c3ccnc(C)c3)c2cn1)c1ccccc1. The van der Waals surface area contributed by atoms with Crippen LogP contribution in [0, 0.1) is 6.92 Å². The summed E-state index contributed by atoms with van der Waals surface area (Å²) in [5.74, 6) is 0.422. The van der Waals surface area contributed by atoms with Crippen LogP contribution in [0.25, 0.3) is 22.2 Å². The summed E-state index contributed by atoms with van der Waals surface area (Å²) in [5, 5.41) is 14.0. The molecule has 0 spiro atoms. The van der Waals surface area contributed by atoms with Crippen molar-refractivity contribution in [2.45, 2.75) is 13.0 Å². The first-order valence-corrected chi connectivity index (χ1v) is 9.52. The number of methoxy groups -OCH3 is 1. The number of nitrogens with zero attached hydrogens (tertiary/aromatic N) is 3. The lowest BCUT2D eigenvalue weighted by molar-refractivity contribution is 0.168. The van der Waals surface area contributed by atoms with Gasteiger partial charge in [-0.2, -0.15) is 5.10 Å². The maximum absolute atomic E-state index is 12.5. The summed E-state index contributed by atoms with van der Waals surface area (Å²) in [6, 6.07) is 14.7. The average molecular weight is 402 g/mol. The van der Waals surface area contributed by atoms with Gasteiger partial charge in [-0.25, -0.2) is 9.78 Å². The van der Waals surface area contributed by atoms with Gasteiger partial charge in [-0.05, 0) is 24.6 Å². The number of hydrogen-bond acceptors (Lipinski definition) is 5. The molecule has 0 aliphatic carbocycles. The maximum Gasteiger partial charge on any atom is 0.320 e. The highest BCUT2D eigenvalue weighted by molar-refractivity contribution is 5.95. The average Bonchev–Trinajstić information content (AvgIpc) is 3.17.